The highest BCUT2D eigenvalue weighted by Gasteiger charge is 2.19. The maximum atomic E-state index is 12.6. The Morgan fingerprint density at radius 2 is 1.96 bits per heavy atom. The van der Waals surface area contributed by atoms with Gasteiger partial charge in [0.15, 0.2) is 11.5 Å². The Hall–Kier alpha value is -3.09. The summed E-state index contributed by atoms with van der Waals surface area (Å²) in [6, 6.07) is 7.74. The van der Waals surface area contributed by atoms with Crippen LogP contribution < -0.4 is 4.74 Å². The lowest BCUT2D eigenvalue weighted by atomic mass is 10.1. The number of hydrogen-bond donors (Lipinski definition) is 0. The minimum Gasteiger partial charge on any atom is -0.493 e. The van der Waals surface area contributed by atoms with Crippen LogP contribution in [0.3, 0.4) is 0 Å². The Balaban J connectivity index is 1.54. The highest BCUT2D eigenvalue weighted by atomic mass is 16.5. The second kappa shape index (κ2) is 8.29. The van der Waals surface area contributed by atoms with Crippen molar-refractivity contribution in [1.82, 2.24) is 19.8 Å². The predicted octanol–water partition coefficient (Wildman–Crippen LogP) is 3.54. The largest absolute Gasteiger partial charge is 0.493 e. The number of para-hydroxylation sites is 1. The summed E-state index contributed by atoms with van der Waals surface area (Å²) >= 11 is 0. The number of hydrogen-bond acceptors (Lipinski definition) is 5. The maximum absolute atomic E-state index is 12.6. The van der Waals surface area contributed by atoms with Gasteiger partial charge in [0, 0.05) is 32.4 Å². The van der Waals surface area contributed by atoms with Gasteiger partial charge in [0.1, 0.15) is 5.75 Å². The number of rotatable bonds is 7. The molecule has 7 nitrogen and oxygen atoms in total. The van der Waals surface area contributed by atoms with Crippen LogP contribution in [0.4, 0.5) is 0 Å². The zero-order chi connectivity index (χ0) is 20.3. The molecule has 2 aromatic heterocycles. The van der Waals surface area contributed by atoms with Gasteiger partial charge in [-0.05, 0) is 38.3 Å². The molecule has 0 bridgehead atoms. The zero-order valence-corrected chi connectivity index (χ0v) is 17.0. The third-order valence-electron chi connectivity index (χ3n) is 4.87. The molecular formula is C21H26N4O3. The Morgan fingerprint density at radius 1 is 1.25 bits per heavy atom. The third kappa shape index (κ3) is 4.08. The first-order valence-electron chi connectivity index (χ1n) is 9.28. The van der Waals surface area contributed by atoms with E-state index in [0.29, 0.717) is 18.9 Å². The molecule has 7 heteroatoms. The lowest BCUT2D eigenvalue weighted by Crippen LogP contribution is -2.28. The van der Waals surface area contributed by atoms with Gasteiger partial charge in [0.2, 0.25) is 0 Å². The molecule has 0 saturated carbocycles. The van der Waals surface area contributed by atoms with E-state index in [1.54, 1.807) is 28.9 Å². The molecular weight excluding hydrogens is 356 g/mol. The molecule has 2 heterocycles. The summed E-state index contributed by atoms with van der Waals surface area (Å²) in [6.45, 7) is 7.11. The summed E-state index contributed by atoms with van der Waals surface area (Å²) in [7, 11) is 3.61. The summed E-state index contributed by atoms with van der Waals surface area (Å²) in [5.41, 5.74) is 4.30. The first-order valence-corrected chi connectivity index (χ1v) is 9.28. The fourth-order valence-corrected chi connectivity index (χ4v) is 3.04. The van der Waals surface area contributed by atoms with E-state index in [0.717, 1.165) is 34.6 Å². The van der Waals surface area contributed by atoms with Crippen LogP contribution in [0.5, 0.6) is 5.75 Å². The molecule has 0 aliphatic carbocycles. The zero-order valence-electron chi connectivity index (χ0n) is 17.0. The van der Waals surface area contributed by atoms with Crippen molar-refractivity contribution in [2.75, 3.05) is 20.2 Å². The van der Waals surface area contributed by atoms with Crippen LogP contribution in [-0.4, -0.2) is 45.9 Å². The Morgan fingerprint density at radius 3 is 2.61 bits per heavy atom. The fraction of sp³-hybridized carbons (Fsp3) is 0.381. The van der Waals surface area contributed by atoms with E-state index in [1.165, 1.54) is 0 Å². The summed E-state index contributed by atoms with van der Waals surface area (Å²) in [6.07, 6.45) is 2.43. The minimum atomic E-state index is -0.177. The first-order chi connectivity index (χ1) is 13.4. The van der Waals surface area contributed by atoms with Gasteiger partial charge in [-0.2, -0.15) is 5.10 Å². The van der Waals surface area contributed by atoms with Gasteiger partial charge in [-0.25, -0.2) is 0 Å². The number of amides is 1. The van der Waals surface area contributed by atoms with E-state index in [2.05, 4.69) is 10.3 Å². The van der Waals surface area contributed by atoms with Crippen molar-refractivity contribution >= 4 is 5.91 Å². The van der Waals surface area contributed by atoms with Gasteiger partial charge in [-0.1, -0.05) is 23.4 Å². The minimum absolute atomic E-state index is 0.177. The number of aromatic nitrogens is 3. The quantitative estimate of drug-likeness (QED) is 0.585. The lowest BCUT2D eigenvalue weighted by molar-refractivity contribution is 0.0777. The van der Waals surface area contributed by atoms with Crippen LogP contribution in [0.15, 0.2) is 35.0 Å². The number of nitrogens with zero attached hydrogens (tertiary/aromatic N) is 4. The summed E-state index contributed by atoms with van der Waals surface area (Å²) in [5, 5.41) is 8.12. The average Bonchev–Trinajstić information content (AvgIpc) is 3.27. The van der Waals surface area contributed by atoms with Crippen LogP contribution >= 0.6 is 0 Å². The molecule has 0 aliphatic heterocycles. The first kappa shape index (κ1) is 19.7. The van der Waals surface area contributed by atoms with E-state index in [9.17, 15) is 4.79 Å². The van der Waals surface area contributed by atoms with Crippen molar-refractivity contribution in [2.24, 2.45) is 7.05 Å². The van der Waals surface area contributed by atoms with Gasteiger partial charge in [0.05, 0.1) is 18.4 Å². The topological polar surface area (TPSA) is 73.4 Å². The van der Waals surface area contributed by atoms with Crippen LogP contribution in [0.25, 0.3) is 11.3 Å². The van der Waals surface area contributed by atoms with Gasteiger partial charge < -0.3 is 14.2 Å². The van der Waals surface area contributed by atoms with Crippen LogP contribution in [0.2, 0.25) is 0 Å². The van der Waals surface area contributed by atoms with Crippen LogP contribution in [0.1, 0.15) is 33.7 Å². The molecule has 0 unspecified atom stereocenters. The molecule has 0 N–H and O–H groups in total. The van der Waals surface area contributed by atoms with Gasteiger partial charge >= 0.3 is 0 Å². The third-order valence-corrected chi connectivity index (χ3v) is 4.87. The standard InChI is InChI=1S/C21H26N4O3/c1-14-8-6-9-15(2)20(14)27-11-7-10-24(4)21(26)18-12-19(28-23-18)17-13-22-25(5)16(17)3/h6,8-9,12-13H,7,10-11H2,1-5H3. The number of ether oxygens (including phenoxy) is 1. The average molecular weight is 382 g/mol. The summed E-state index contributed by atoms with van der Waals surface area (Å²) in [4.78, 5) is 14.2. The number of carbonyl (C=O) groups is 1. The second-order valence-corrected chi connectivity index (χ2v) is 6.99. The van der Waals surface area contributed by atoms with Crippen molar-refractivity contribution in [3.8, 4) is 17.1 Å². The van der Waals surface area contributed by atoms with Crippen LogP contribution in [0, 0.1) is 20.8 Å². The van der Waals surface area contributed by atoms with Crippen molar-refractivity contribution < 1.29 is 14.1 Å². The van der Waals surface area contributed by atoms with Gasteiger partial charge in [0.25, 0.3) is 5.91 Å². The molecule has 0 spiro atoms. The molecule has 1 aromatic carbocycles. The van der Waals surface area contributed by atoms with Crippen LogP contribution in [-0.2, 0) is 7.05 Å². The van der Waals surface area contributed by atoms with Gasteiger partial charge in [-0.15, -0.1) is 0 Å². The van der Waals surface area contributed by atoms with Crippen molar-refractivity contribution in [2.45, 2.75) is 27.2 Å². The van der Waals surface area contributed by atoms with Crippen molar-refractivity contribution in [3.05, 3.63) is 53.0 Å². The number of aryl methyl sites for hydroxylation is 3. The lowest BCUT2D eigenvalue weighted by Gasteiger charge is -2.16. The fourth-order valence-electron chi connectivity index (χ4n) is 3.04. The van der Waals surface area contributed by atoms with Crippen molar-refractivity contribution in [3.63, 3.8) is 0 Å². The van der Waals surface area contributed by atoms with Crippen molar-refractivity contribution in [1.29, 1.82) is 0 Å². The highest BCUT2D eigenvalue weighted by molar-refractivity contribution is 5.93. The normalized spacial score (nSPS) is 10.9. The molecule has 1 amide bonds. The molecule has 148 valence electrons. The molecule has 0 atom stereocenters. The molecule has 0 saturated heterocycles. The van der Waals surface area contributed by atoms with Gasteiger partial charge in [-0.3, -0.25) is 9.48 Å². The predicted molar refractivity (Wildman–Crippen MR) is 106 cm³/mol. The monoisotopic (exact) mass is 382 g/mol. The van der Waals surface area contributed by atoms with E-state index >= 15 is 0 Å². The second-order valence-electron chi connectivity index (χ2n) is 6.99. The summed E-state index contributed by atoms with van der Waals surface area (Å²) < 4.78 is 13.0. The number of benzene rings is 1. The maximum Gasteiger partial charge on any atom is 0.275 e. The number of carbonyl (C=O) groups excluding carboxylic acids is 1. The Bertz CT molecular complexity index is 954. The van der Waals surface area contributed by atoms with E-state index in [4.69, 9.17) is 9.26 Å². The molecule has 28 heavy (non-hydrogen) atoms. The molecule has 0 aliphatic rings. The molecule has 0 radical (unpaired) electrons. The highest BCUT2D eigenvalue weighted by Crippen LogP contribution is 2.24. The molecule has 0 fully saturated rings. The molecule has 3 aromatic rings. The summed E-state index contributed by atoms with van der Waals surface area (Å²) in [5.74, 6) is 1.29. The Labute approximate surface area is 164 Å². The molecule has 3 rings (SSSR count). The smallest absolute Gasteiger partial charge is 0.275 e. The Kier molecular flexibility index (Phi) is 5.82. The SMILES string of the molecule is Cc1cccc(C)c1OCCCN(C)C(=O)c1cc(-c2cnn(C)c2C)on1. The van der Waals surface area contributed by atoms with E-state index in [-0.39, 0.29) is 11.6 Å². The van der Waals surface area contributed by atoms with E-state index in [1.807, 2.05) is 46.0 Å². The van der Waals surface area contributed by atoms with E-state index < -0.39 is 0 Å².